The first-order valence-electron chi connectivity index (χ1n) is 7.55. The van der Waals surface area contributed by atoms with E-state index in [1.54, 1.807) is 6.92 Å². The molecule has 24 heavy (non-hydrogen) atoms. The Morgan fingerprint density at radius 3 is 2.79 bits per heavy atom. The smallest absolute Gasteiger partial charge is 0.290 e. The molecule has 1 aliphatic heterocycles. The van der Waals surface area contributed by atoms with E-state index >= 15 is 0 Å². The molecule has 1 amide bonds. The van der Waals surface area contributed by atoms with Gasteiger partial charge >= 0.3 is 0 Å². The lowest BCUT2D eigenvalue weighted by Crippen LogP contribution is -2.32. The van der Waals surface area contributed by atoms with Crippen LogP contribution in [0.2, 0.25) is 0 Å². The van der Waals surface area contributed by atoms with Crippen LogP contribution in [-0.4, -0.2) is 33.7 Å². The zero-order valence-electron chi connectivity index (χ0n) is 13.0. The normalized spacial score (nSPS) is 20.6. The van der Waals surface area contributed by atoms with Gasteiger partial charge in [-0.2, -0.15) is 0 Å². The predicted octanol–water partition coefficient (Wildman–Crippen LogP) is 2.31. The van der Waals surface area contributed by atoms with Crippen LogP contribution in [0.15, 0.2) is 28.7 Å². The van der Waals surface area contributed by atoms with Gasteiger partial charge in [0.25, 0.3) is 5.91 Å². The van der Waals surface area contributed by atoms with Crippen molar-refractivity contribution >= 4 is 5.91 Å². The molecule has 5 nitrogen and oxygen atoms in total. The molecular weight excluding hydrogens is 320 g/mol. The van der Waals surface area contributed by atoms with Crippen LogP contribution in [0.25, 0.3) is 0 Å². The maximum Gasteiger partial charge on any atom is 0.290 e. The molecule has 0 radical (unpaired) electrons. The van der Waals surface area contributed by atoms with Crippen molar-refractivity contribution in [2.45, 2.75) is 32.1 Å². The summed E-state index contributed by atoms with van der Waals surface area (Å²) in [6.45, 7) is 1.30. The van der Waals surface area contributed by atoms with Gasteiger partial charge in [0.2, 0.25) is 0 Å². The molecule has 1 aromatic carbocycles. The molecule has 2 unspecified atom stereocenters. The molecule has 0 saturated carbocycles. The topological polar surface area (TPSA) is 73.9 Å². The Hall–Kier alpha value is -2.25. The van der Waals surface area contributed by atoms with Crippen LogP contribution in [-0.2, 0) is 6.61 Å². The van der Waals surface area contributed by atoms with Crippen molar-refractivity contribution in [2.24, 2.45) is 0 Å². The minimum absolute atomic E-state index is 0.00590. The number of likely N-dealkylation sites (tertiary alicyclic amines) is 1. The van der Waals surface area contributed by atoms with E-state index in [0.29, 0.717) is 5.56 Å². The van der Waals surface area contributed by atoms with Crippen molar-refractivity contribution in [2.75, 3.05) is 6.54 Å². The van der Waals surface area contributed by atoms with Crippen LogP contribution in [0.3, 0.4) is 0 Å². The second kappa shape index (κ2) is 6.33. The fraction of sp³-hybridized carbons (Fsp3) is 0.353. The van der Waals surface area contributed by atoms with Crippen LogP contribution in [0.1, 0.15) is 39.9 Å². The average molecular weight is 337 g/mol. The summed E-state index contributed by atoms with van der Waals surface area (Å²) in [6.07, 6.45) is -0.729. The molecule has 1 aliphatic rings. The van der Waals surface area contributed by atoms with Gasteiger partial charge in [0.1, 0.15) is 24.0 Å². The monoisotopic (exact) mass is 337 g/mol. The van der Waals surface area contributed by atoms with Crippen molar-refractivity contribution in [3.63, 3.8) is 0 Å². The lowest BCUT2D eigenvalue weighted by Gasteiger charge is -2.24. The summed E-state index contributed by atoms with van der Waals surface area (Å²) in [5.41, 5.74) is 0.551. The number of aryl methyl sites for hydroxylation is 1. The summed E-state index contributed by atoms with van der Waals surface area (Å²) >= 11 is 0. The molecule has 1 aromatic heterocycles. The second-order valence-electron chi connectivity index (χ2n) is 5.91. The number of hydrogen-bond acceptors (Lipinski definition) is 4. The summed E-state index contributed by atoms with van der Waals surface area (Å²) in [5, 5.41) is 19.0. The molecule has 0 spiro atoms. The number of rotatable bonds is 3. The summed E-state index contributed by atoms with van der Waals surface area (Å²) in [4.78, 5) is 14.0. The summed E-state index contributed by atoms with van der Waals surface area (Å²) in [6, 6.07) is 3.79. The first-order valence-corrected chi connectivity index (χ1v) is 7.55. The fourth-order valence-corrected chi connectivity index (χ4v) is 3.07. The Kier molecular flexibility index (Phi) is 4.38. The second-order valence-corrected chi connectivity index (χ2v) is 5.91. The van der Waals surface area contributed by atoms with E-state index in [4.69, 9.17) is 9.52 Å². The number of carbonyl (C=O) groups excluding carboxylic acids is 1. The highest BCUT2D eigenvalue weighted by Gasteiger charge is 2.38. The number of carbonyl (C=O) groups is 1. The van der Waals surface area contributed by atoms with Crippen molar-refractivity contribution < 1.29 is 28.2 Å². The van der Waals surface area contributed by atoms with Gasteiger partial charge in [0.15, 0.2) is 5.76 Å². The van der Waals surface area contributed by atoms with Gasteiger partial charge < -0.3 is 19.5 Å². The SMILES string of the molecule is Cc1cc(CO)oc1C(=O)N1CC(O)CC1c1cc(F)ccc1F. The van der Waals surface area contributed by atoms with Crippen LogP contribution in [0.4, 0.5) is 8.78 Å². The molecule has 2 atom stereocenters. The van der Waals surface area contributed by atoms with Gasteiger partial charge in [0.05, 0.1) is 12.1 Å². The van der Waals surface area contributed by atoms with Gasteiger partial charge in [-0.25, -0.2) is 8.78 Å². The number of furan rings is 1. The predicted molar refractivity (Wildman–Crippen MR) is 80.1 cm³/mol. The van der Waals surface area contributed by atoms with Crippen LogP contribution in [0, 0.1) is 18.6 Å². The zero-order chi connectivity index (χ0) is 17.4. The van der Waals surface area contributed by atoms with E-state index in [1.165, 1.54) is 11.0 Å². The lowest BCUT2D eigenvalue weighted by atomic mass is 10.0. The van der Waals surface area contributed by atoms with Crippen molar-refractivity contribution in [1.82, 2.24) is 4.90 Å². The Morgan fingerprint density at radius 2 is 2.12 bits per heavy atom. The molecule has 2 heterocycles. The van der Waals surface area contributed by atoms with Crippen LogP contribution in [0.5, 0.6) is 0 Å². The molecule has 3 rings (SSSR count). The average Bonchev–Trinajstić information content (AvgIpc) is 3.12. The van der Waals surface area contributed by atoms with Crippen LogP contribution >= 0.6 is 0 Å². The number of aliphatic hydroxyl groups excluding tert-OH is 2. The molecule has 1 fully saturated rings. The Bertz CT molecular complexity index is 774. The number of hydrogen-bond donors (Lipinski definition) is 2. The molecule has 0 aliphatic carbocycles. The third kappa shape index (κ3) is 2.92. The van der Waals surface area contributed by atoms with Crippen molar-refractivity contribution in [3.05, 3.63) is 58.5 Å². The summed E-state index contributed by atoms with van der Waals surface area (Å²) in [5.74, 6) is -1.52. The largest absolute Gasteiger partial charge is 0.453 e. The number of aliphatic hydroxyl groups is 2. The highest BCUT2D eigenvalue weighted by atomic mass is 19.1. The number of benzene rings is 1. The van der Waals surface area contributed by atoms with E-state index < -0.39 is 29.7 Å². The van der Waals surface area contributed by atoms with Gasteiger partial charge in [-0.05, 0) is 37.6 Å². The molecule has 1 saturated heterocycles. The maximum absolute atomic E-state index is 14.1. The highest BCUT2D eigenvalue weighted by Crippen LogP contribution is 2.35. The number of β-amino-alcohol motifs (C(OH)–C–C–N with tert-alkyl or cyclic N) is 1. The van der Waals surface area contributed by atoms with E-state index in [0.717, 1.165) is 18.2 Å². The fourth-order valence-electron chi connectivity index (χ4n) is 3.07. The minimum Gasteiger partial charge on any atom is -0.453 e. The Morgan fingerprint density at radius 1 is 1.38 bits per heavy atom. The quantitative estimate of drug-likeness (QED) is 0.901. The standard InChI is InChI=1S/C17H17F2NO4/c1-9-4-12(8-21)24-16(9)17(23)20-7-11(22)6-15(20)13-5-10(18)2-3-14(13)19/h2-5,11,15,21-22H,6-8H2,1H3. The maximum atomic E-state index is 14.1. The minimum atomic E-state index is -0.839. The Labute approximate surface area is 137 Å². The third-order valence-corrected chi connectivity index (χ3v) is 4.18. The van der Waals surface area contributed by atoms with Gasteiger partial charge in [-0.1, -0.05) is 0 Å². The van der Waals surface area contributed by atoms with Crippen LogP contribution < -0.4 is 0 Å². The van der Waals surface area contributed by atoms with E-state index in [2.05, 4.69) is 0 Å². The number of amides is 1. The van der Waals surface area contributed by atoms with Crippen molar-refractivity contribution in [1.29, 1.82) is 0 Å². The first kappa shape index (κ1) is 16.6. The van der Waals surface area contributed by atoms with Gasteiger partial charge in [-0.3, -0.25) is 4.79 Å². The summed E-state index contributed by atoms with van der Waals surface area (Å²) < 4.78 is 32.9. The zero-order valence-corrected chi connectivity index (χ0v) is 13.0. The lowest BCUT2D eigenvalue weighted by molar-refractivity contribution is 0.0676. The number of halogens is 2. The van der Waals surface area contributed by atoms with Gasteiger partial charge in [0, 0.05) is 17.7 Å². The Balaban J connectivity index is 1.97. The third-order valence-electron chi connectivity index (χ3n) is 4.18. The molecule has 128 valence electrons. The molecular formula is C17H17F2NO4. The molecule has 0 bridgehead atoms. The molecule has 7 heteroatoms. The molecule has 2 N–H and O–H groups in total. The van der Waals surface area contributed by atoms with E-state index in [1.807, 2.05) is 0 Å². The van der Waals surface area contributed by atoms with Crippen molar-refractivity contribution in [3.8, 4) is 0 Å². The van der Waals surface area contributed by atoms with E-state index in [-0.39, 0.29) is 36.7 Å². The highest BCUT2D eigenvalue weighted by molar-refractivity contribution is 5.93. The first-order chi connectivity index (χ1) is 11.4. The summed E-state index contributed by atoms with van der Waals surface area (Å²) in [7, 11) is 0. The van der Waals surface area contributed by atoms with E-state index in [9.17, 15) is 18.7 Å². The number of nitrogens with zero attached hydrogens (tertiary/aromatic N) is 1. The van der Waals surface area contributed by atoms with Gasteiger partial charge in [-0.15, -0.1) is 0 Å². The molecule has 2 aromatic rings.